The Labute approximate surface area is 221 Å². The van der Waals surface area contributed by atoms with Gasteiger partial charge in [-0.15, -0.1) is 0 Å². The molecular formula is C22H39N5O9P2. The van der Waals surface area contributed by atoms with Gasteiger partial charge in [0, 0.05) is 0 Å². The van der Waals surface area contributed by atoms with Crippen molar-refractivity contribution in [1.82, 2.24) is 19.5 Å². The van der Waals surface area contributed by atoms with E-state index >= 15 is 0 Å². The second-order valence-corrected chi connectivity index (χ2v) is 13.1. The van der Waals surface area contributed by atoms with Gasteiger partial charge in [0.05, 0.1) is 19.1 Å². The van der Waals surface area contributed by atoms with E-state index in [9.17, 15) is 29.1 Å². The smallest absolute Gasteiger partial charge is 0.387 e. The van der Waals surface area contributed by atoms with Gasteiger partial charge >= 0.3 is 15.4 Å². The number of hydrogen-bond acceptors (Lipinski definition) is 11. The average Bonchev–Trinajstić information content (AvgIpc) is 3.40. The van der Waals surface area contributed by atoms with E-state index in [0.717, 1.165) is 19.3 Å². The molecule has 0 radical (unpaired) electrons. The maximum absolute atomic E-state index is 12.3. The molecule has 6 atom stereocenters. The third-order valence-corrected chi connectivity index (χ3v) is 9.63. The lowest BCUT2D eigenvalue weighted by molar-refractivity contribution is -0.0501. The largest absolute Gasteiger partial charge is 0.479 e. The highest BCUT2D eigenvalue weighted by atomic mass is 31.3. The number of aromatic nitrogens is 4. The Bertz CT molecular complexity index is 1120. The summed E-state index contributed by atoms with van der Waals surface area (Å²) in [6.07, 6.45) is 7.14. The van der Waals surface area contributed by atoms with Crippen molar-refractivity contribution >= 4 is 32.4 Å². The van der Waals surface area contributed by atoms with Crippen LogP contribution in [0.15, 0.2) is 12.7 Å². The van der Waals surface area contributed by atoms with Crippen LogP contribution in [-0.4, -0.2) is 70.6 Å². The van der Waals surface area contributed by atoms with Gasteiger partial charge < -0.3 is 30.5 Å². The molecule has 0 aliphatic carbocycles. The third-order valence-electron chi connectivity index (χ3n) is 6.43. The van der Waals surface area contributed by atoms with Gasteiger partial charge in [-0.3, -0.25) is 13.7 Å². The molecule has 3 heterocycles. The first-order chi connectivity index (χ1) is 18.0. The molecule has 216 valence electrons. The normalized spacial score (nSPS) is 25.0. The minimum atomic E-state index is -4.96. The molecule has 0 aromatic carbocycles. The molecule has 16 heteroatoms. The number of nitrogen functional groups attached to an aromatic ring is 1. The Morgan fingerprint density at radius 2 is 1.61 bits per heavy atom. The maximum atomic E-state index is 12.3. The van der Waals surface area contributed by atoms with E-state index in [1.54, 1.807) is 0 Å². The Balaban J connectivity index is 1.42. The van der Waals surface area contributed by atoms with Crippen LogP contribution in [0.25, 0.3) is 11.2 Å². The van der Waals surface area contributed by atoms with Crippen LogP contribution in [0.4, 0.5) is 5.82 Å². The molecule has 14 nitrogen and oxygen atoms in total. The Hall–Kier alpha value is -1.47. The molecule has 2 unspecified atom stereocenters. The van der Waals surface area contributed by atoms with E-state index in [1.807, 2.05) is 0 Å². The SMILES string of the molecule is CCCCCCCCCCCCP(=O)(O)OP(=O)(O)OC[C@H]1O[C@@H](n2cnc3c(N)ncnc32)[C@H](O)[C@H]1O. The predicted octanol–water partition coefficient (Wildman–Crippen LogP) is 3.27. The third kappa shape index (κ3) is 8.77. The lowest BCUT2D eigenvalue weighted by Crippen LogP contribution is -2.33. The fraction of sp³-hybridized carbons (Fsp3) is 0.773. The van der Waals surface area contributed by atoms with Gasteiger partial charge in [0.15, 0.2) is 17.7 Å². The van der Waals surface area contributed by atoms with Gasteiger partial charge in [-0.1, -0.05) is 64.7 Å². The van der Waals surface area contributed by atoms with Crippen LogP contribution in [0, 0.1) is 0 Å². The highest BCUT2D eigenvalue weighted by molar-refractivity contribution is 7.64. The van der Waals surface area contributed by atoms with Crippen LogP contribution in [0.5, 0.6) is 0 Å². The summed E-state index contributed by atoms with van der Waals surface area (Å²) in [6.45, 7) is 1.49. The Kier molecular flexibility index (Phi) is 11.6. The van der Waals surface area contributed by atoms with Crippen LogP contribution in [0.1, 0.15) is 77.4 Å². The van der Waals surface area contributed by atoms with Crippen molar-refractivity contribution in [1.29, 1.82) is 0 Å². The van der Waals surface area contributed by atoms with Crippen LogP contribution >= 0.6 is 15.4 Å². The Morgan fingerprint density at radius 3 is 2.26 bits per heavy atom. The topological polar surface area (TPSA) is 212 Å². The molecule has 2 aromatic rings. The number of fused-ring (bicyclic) bond motifs is 1. The van der Waals surface area contributed by atoms with Crippen molar-refractivity contribution < 1.29 is 42.7 Å². The number of aliphatic hydroxyl groups is 2. The molecule has 0 bridgehead atoms. The van der Waals surface area contributed by atoms with E-state index in [4.69, 9.17) is 15.0 Å². The second kappa shape index (κ2) is 14.2. The average molecular weight is 580 g/mol. The molecular weight excluding hydrogens is 540 g/mol. The monoisotopic (exact) mass is 579 g/mol. The molecule has 1 aliphatic rings. The van der Waals surface area contributed by atoms with E-state index in [1.165, 1.54) is 49.3 Å². The highest BCUT2D eigenvalue weighted by Crippen LogP contribution is 2.60. The quantitative estimate of drug-likeness (QED) is 0.135. The zero-order chi connectivity index (χ0) is 27.8. The first-order valence-electron chi connectivity index (χ1n) is 13.0. The second-order valence-electron chi connectivity index (χ2n) is 9.52. The maximum Gasteiger partial charge on any atom is 0.479 e. The van der Waals surface area contributed by atoms with Gasteiger partial charge in [0.2, 0.25) is 0 Å². The number of phosphoric acid groups is 1. The van der Waals surface area contributed by atoms with Gasteiger partial charge in [-0.2, -0.15) is 0 Å². The van der Waals surface area contributed by atoms with E-state index < -0.39 is 46.6 Å². The number of hydrogen-bond donors (Lipinski definition) is 5. The molecule has 38 heavy (non-hydrogen) atoms. The first kappa shape index (κ1) is 31.1. The number of unbranched alkanes of at least 4 members (excludes halogenated alkanes) is 9. The fourth-order valence-corrected chi connectivity index (χ4v) is 7.11. The fourth-order valence-electron chi connectivity index (χ4n) is 4.35. The summed E-state index contributed by atoms with van der Waals surface area (Å²) in [7, 11) is -9.35. The van der Waals surface area contributed by atoms with Gasteiger partial charge in [0.25, 0.3) is 0 Å². The summed E-state index contributed by atoms with van der Waals surface area (Å²) in [5.74, 6) is 0.117. The molecule has 2 aromatic heterocycles. The molecule has 3 rings (SSSR count). The first-order valence-corrected chi connectivity index (χ1v) is 16.3. The summed E-state index contributed by atoms with van der Waals surface area (Å²) < 4.78 is 41.0. The van der Waals surface area contributed by atoms with Crippen molar-refractivity contribution in [3.05, 3.63) is 12.7 Å². The lowest BCUT2D eigenvalue weighted by Gasteiger charge is -2.19. The van der Waals surface area contributed by atoms with Gasteiger partial charge in [0.1, 0.15) is 30.2 Å². The minimum absolute atomic E-state index is 0.117. The summed E-state index contributed by atoms with van der Waals surface area (Å²) in [5.41, 5.74) is 6.28. The van der Waals surface area contributed by atoms with E-state index in [-0.39, 0.29) is 23.1 Å². The van der Waals surface area contributed by atoms with E-state index in [2.05, 4.69) is 26.2 Å². The molecule has 1 saturated heterocycles. The molecule has 0 saturated carbocycles. The number of anilines is 1. The van der Waals surface area contributed by atoms with E-state index in [0.29, 0.717) is 12.8 Å². The van der Waals surface area contributed by atoms with Crippen LogP contribution in [0.2, 0.25) is 0 Å². The number of imidazole rings is 1. The lowest BCUT2D eigenvalue weighted by atomic mass is 10.1. The summed E-state index contributed by atoms with van der Waals surface area (Å²) in [6, 6.07) is 0. The molecule has 6 N–H and O–H groups in total. The van der Waals surface area contributed by atoms with Crippen LogP contribution < -0.4 is 5.73 Å². The number of aliphatic hydroxyl groups excluding tert-OH is 2. The summed E-state index contributed by atoms with van der Waals surface area (Å²) in [5, 5.41) is 20.8. The molecule has 1 aliphatic heterocycles. The van der Waals surface area contributed by atoms with Crippen molar-refractivity contribution in [2.45, 2.75) is 95.7 Å². The zero-order valence-electron chi connectivity index (χ0n) is 21.5. The number of rotatable bonds is 17. The van der Waals surface area contributed by atoms with Crippen LogP contribution in [-0.2, 0) is 22.7 Å². The Morgan fingerprint density at radius 1 is 0.974 bits per heavy atom. The van der Waals surface area contributed by atoms with Crippen molar-refractivity contribution in [2.24, 2.45) is 0 Å². The molecule has 0 spiro atoms. The van der Waals surface area contributed by atoms with Gasteiger partial charge in [-0.05, 0) is 6.42 Å². The predicted molar refractivity (Wildman–Crippen MR) is 139 cm³/mol. The van der Waals surface area contributed by atoms with Crippen LogP contribution in [0.3, 0.4) is 0 Å². The standard InChI is InChI=1S/C22H39N5O9P2/c1-2-3-4-5-6-7-8-9-10-11-12-37(30,31)36-38(32,33)34-13-16-18(28)19(29)22(35-16)27-15-26-17-20(23)24-14-25-21(17)27/h14-16,18-19,22,28-29H,2-13H2,1H3,(H,30,31)(H,32,33)(H2,23,24,25)/t16-,18+,19-,22-/m1/s1. The zero-order valence-corrected chi connectivity index (χ0v) is 23.3. The number of ether oxygens (including phenoxy) is 1. The van der Waals surface area contributed by atoms with Gasteiger partial charge in [-0.25, -0.2) is 23.8 Å². The van der Waals surface area contributed by atoms with Crippen molar-refractivity contribution in [3.8, 4) is 0 Å². The highest BCUT2D eigenvalue weighted by Gasteiger charge is 2.46. The molecule has 1 fully saturated rings. The number of nitrogens with zero attached hydrogens (tertiary/aromatic N) is 4. The minimum Gasteiger partial charge on any atom is -0.387 e. The number of phosphoric ester groups is 1. The summed E-state index contributed by atoms with van der Waals surface area (Å²) in [4.78, 5) is 32.0. The molecule has 0 amide bonds. The number of nitrogens with two attached hydrogens (primary N) is 1. The van der Waals surface area contributed by atoms with Crippen molar-refractivity contribution in [2.75, 3.05) is 18.5 Å². The summed E-state index contributed by atoms with van der Waals surface area (Å²) >= 11 is 0. The van der Waals surface area contributed by atoms with Crippen molar-refractivity contribution in [3.63, 3.8) is 0 Å².